The Morgan fingerprint density at radius 3 is 2.39 bits per heavy atom. The quantitative estimate of drug-likeness (QED) is 0.578. The normalized spacial score (nSPS) is 29.0. The van der Waals surface area contributed by atoms with Gasteiger partial charge >= 0.3 is 5.97 Å². The summed E-state index contributed by atoms with van der Waals surface area (Å²) in [5.74, 6) is -1.62. The lowest BCUT2D eigenvalue weighted by atomic mass is 9.80. The van der Waals surface area contributed by atoms with Crippen molar-refractivity contribution in [1.82, 2.24) is 10.2 Å². The molecule has 8 heteroatoms. The first-order valence-electron chi connectivity index (χ1n) is 9.36. The first-order valence-corrected chi connectivity index (χ1v) is 9.36. The molecule has 1 aromatic carbocycles. The molecule has 0 unspecified atom stereocenters. The number of hydrogen-bond acceptors (Lipinski definition) is 7. The van der Waals surface area contributed by atoms with E-state index in [0.29, 0.717) is 11.5 Å². The zero-order valence-electron chi connectivity index (χ0n) is 16.8. The van der Waals surface area contributed by atoms with Crippen molar-refractivity contribution in [3.63, 3.8) is 0 Å². The zero-order valence-corrected chi connectivity index (χ0v) is 16.8. The summed E-state index contributed by atoms with van der Waals surface area (Å²) in [6.45, 7) is 5.54. The SMILES string of the molecule is CCOC(=O)[C@]1(C)N[C@H](c2ccc(OC)c(OC)c2)[C@H]2C(=O)N(CC)C(=O)[C@H]21. The van der Waals surface area contributed by atoms with Gasteiger partial charge in [0, 0.05) is 12.6 Å². The largest absolute Gasteiger partial charge is 0.493 e. The Morgan fingerprint density at radius 1 is 1.14 bits per heavy atom. The maximum Gasteiger partial charge on any atom is 0.326 e. The first kappa shape index (κ1) is 20.1. The van der Waals surface area contributed by atoms with E-state index in [4.69, 9.17) is 14.2 Å². The fourth-order valence-electron chi connectivity index (χ4n) is 4.31. The Balaban J connectivity index is 2.09. The lowest BCUT2D eigenvalue weighted by Gasteiger charge is -2.29. The summed E-state index contributed by atoms with van der Waals surface area (Å²) in [5, 5.41) is 3.23. The van der Waals surface area contributed by atoms with Crippen LogP contribution in [0.3, 0.4) is 0 Å². The van der Waals surface area contributed by atoms with Crippen molar-refractivity contribution in [3.05, 3.63) is 23.8 Å². The smallest absolute Gasteiger partial charge is 0.326 e. The Hall–Kier alpha value is -2.61. The molecule has 2 aliphatic heterocycles. The highest BCUT2D eigenvalue weighted by Gasteiger charge is 2.66. The van der Waals surface area contributed by atoms with Crippen molar-refractivity contribution in [2.75, 3.05) is 27.4 Å². The molecule has 0 saturated carbocycles. The van der Waals surface area contributed by atoms with Gasteiger partial charge in [0.1, 0.15) is 5.54 Å². The minimum atomic E-state index is -1.30. The third-order valence-corrected chi connectivity index (χ3v) is 5.66. The fraction of sp³-hybridized carbons (Fsp3) is 0.550. The molecule has 2 amide bonds. The number of likely N-dealkylation sites (tertiary alicyclic amines) is 1. The summed E-state index contributed by atoms with van der Waals surface area (Å²) in [6.07, 6.45) is 0. The number of ether oxygens (including phenoxy) is 3. The zero-order chi connectivity index (χ0) is 20.6. The molecule has 0 bridgehead atoms. The van der Waals surface area contributed by atoms with E-state index in [1.165, 1.54) is 19.1 Å². The second-order valence-corrected chi connectivity index (χ2v) is 7.08. The van der Waals surface area contributed by atoms with E-state index in [1.54, 1.807) is 39.0 Å². The third-order valence-electron chi connectivity index (χ3n) is 5.66. The summed E-state index contributed by atoms with van der Waals surface area (Å²) in [5.41, 5.74) is -0.561. The van der Waals surface area contributed by atoms with Gasteiger partial charge in [-0.15, -0.1) is 0 Å². The van der Waals surface area contributed by atoms with E-state index in [-0.39, 0.29) is 25.0 Å². The molecule has 28 heavy (non-hydrogen) atoms. The number of amides is 2. The average Bonchev–Trinajstić information content (AvgIpc) is 3.15. The van der Waals surface area contributed by atoms with Gasteiger partial charge in [0.25, 0.3) is 0 Å². The van der Waals surface area contributed by atoms with Gasteiger partial charge < -0.3 is 14.2 Å². The predicted molar refractivity (Wildman–Crippen MR) is 99.8 cm³/mol. The van der Waals surface area contributed by atoms with Crippen LogP contribution in [-0.2, 0) is 19.1 Å². The van der Waals surface area contributed by atoms with Crippen molar-refractivity contribution in [2.45, 2.75) is 32.4 Å². The Bertz CT molecular complexity index is 810. The van der Waals surface area contributed by atoms with Gasteiger partial charge in [0.15, 0.2) is 11.5 Å². The van der Waals surface area contributed by atoms with Crippen molar-refractivity contribution in [2.24, 2.45) is 11.8 Å². The number of methoxy groups -OCH3 is 2. The van der Waals surface area contributed by atoms with Crippen LogP contribution in [0.2, 0.25) is 0 Å². The molecule has 2 aliphatic rings. The van der Waals surface area contributed by atoms with E-state index in [0.717, 1.165) is 5.56 Å². The molecule has 3 rings (SSSR count). The Kier molecular flexibility index (Phi) is 5.34. The number of esters is 1. The molecule has 2 heterocycles. The number of fused-ring (bicyclic) bond motifs is 1. The van der Waals surface area contributed by atoms with Gasteiger partial charge in [-0.25, -0.2) is 0 Å². The molecule has 0 aromatic heterocycles. The average molecular weight is 390 g/mol. The maximum absolute atomic E-state index is 13.0. The number of imide groups is 1. The Morgan fingerprint density at radius 2 is 1.82 bits per heavy atom. The van der Waals surface area contributed by atoms with E-state index < -0.39 is 29.4 Å². The number of hydrogen-bond donors (Lipinski definition) is 1. The van der Waals surface area contributed by atoms with Gasteiger partial charge in [-0.05, 0) is 38.5 Å². The second-order valence-electron chi connectivity index (χ2n) is 7.08. The van der Waals surface area contributed by atoms with Crippen LogP contribution in [0.5, 0.6) is 11.5 Å². The first-order chi connectivity index (χ1) is 13.3. The maximum atomic E-state index is 13.0. The summed E-state index contributed by atoms with van der Waals surface area (Å²) < 4.78 is 15.9. The van der Waals surface area contributed by atoms with E-state index in [9.17, 15) is 14.4 Å². The minimum absolute atomic E-state index is 0.189. The molecule has 2 saturated heterocycles. The molecule has 4 atom stereocenters. The van der Waals surface area contributed by atoms with Crippen molar-refractivity contribution in [1.29, 1.82) is 0 Å². The van der Waals surface area contributed by atoms with E-state index >= 15 is 0 Å². The van der Waals surface area contributed by atoms with E-state index in [2.05, 4.69) is 5.32 Å². The highest BCUT2D eigenvalue weighted by molar-refractivity contribution is 6.09. The molecule has 0 radical (unpaired) electrons. The third kappa shape index (κ3) is 2.83. The highest BCUT2D eigenvalue weighted by atomic mass is 16.5. The molecular formula is C20H26N2O6. The molecule has 2 fully saturated rings. The van der Waals surface area contributed by atoms with Gasteiger partial charge in [0.2, 0.25) is 11.8 Å². The number of nitrogens with zero attached hydrogens (tertiary/aromatic N) is 1. The molecule has 1 aromatic rings. The van der Waals surface area contributed by atoms with Crippen LogP contribution in [-0.4, -0.2) is 55.6 Å². The van der Waals surface area contributed by atoms with Crippen LogP contribution in [0.4, 0.5) is 0 Å². The molecule has 1 N–H and O–H groups in total. The van der Waals surface area contributed by atoms with Crippen molar-refractivity contribution >= 4 is 17.8 Å². The minimum Gasteiger partial charge on any atom is -0.493 e. The predicted octanol–water partition coefficient (Wildman–Crippen LogP) is 1.29. The second kappa shape index (κ2) is 7.43. The number of carbonyl (C=O) groups is 3. The molecule has 0 spiro atoms. The number of benzene rings is 1. The van der Waals surface area contributed by atoms with Crippen molar-refractivity contribution in [3.8, 4) is 11.5 Å². The summed E-state index contributed by atoms with van der Waals surface area (Å²) in [7, 11) is 3.07. The van der Waals surface area contributed by atoms with Gasteiger partial charge in [0.05, 0.1) is 32.7 Å². The Labute approximate surface area is 164 Å². The lowest BCUT2D eigenvalue weighted by Crippen LogP contribution is -2.54. The standard InChI is InChI=1S/C20H26N2O6/c1-6-22-17(23)14-15(18(22)24)20(3,19(25)28-7-2)21-16(14)11-8-9-12(26-4)13(10-11)27-5/h8-10,14-16,21H,6-7H2,1-5H3/t14-,15-,16+,20+/m0/s1. The summed E-state index contributed by atoms with van der Waals surface area (Å²) in [4.78, 5) is 40.0. The lowest BCUT2D eigenvalue weighted by molar-refractivity contribution is -0.155. The van der Waals surface area contributed by atoms with Gasteiger partial charge in [-0.2, -0.15) is 0 Å². The van der Waals surface area contributed by atoms with Gasteiger partial charge in [-0.1, -0.05) is 6.07 Å². The molecule has 152 valence electrons. The fourth-order valence-corrected chi connectivity index (χ4v) is 4.31. The molecular weight excluding hydrogens is 364 g/mol. The van der Waals surface area contributed by atoms with E-state index in [1.807, 2.05) is 0 Å². The van der Waals surface area contributed by atoms with Crippen LogP contribution < -0.4 is 14.8 Å². The van der Waals surface area contributed by atoms with Gasteiger partial charge in [-0.3, -0.25) is 24.6 Å². The summed E-state index contributed by atoms with van der Waals surface area (Å²) >= 11 is 0. The van der Waals surface area contributed by atoms with Crippen molar-refractivity contribution < 1.29 is 28.6 Å². The number of nitrogens with one attached hydrogen (secondary N) is 1. The van der Waals surface area contributed by atoms with Crippen LogP contribution in [0.25, 0.3) is 0 Å². The summed E-state index contributed by atoms with van der Waals surface area (Å²) in [6, 6.07) is 4.77. The molecule has 0 aliphatic carbocycles. The van der Waals surface area contributed by atoms with Crippen LogP contribution >= 0.6 is 0 Å². The van der Waals surface area contributed by atoms with Crippen LogP contribution in [0.15, 0.2) is 18.2 Å². The topological polar surface area (TPSA) is 94.2 Å². The van der Waals surface area contributed by atoms with Crippen LogP contribution in [0, 0.1) is 11.8 Å². The highest BCUT2D eigenvalue weighted by Crippen LogP contribution is 2.49. The number of carbonyl (C=O) groups excluding carboxylic acids is 3. The number of rotatable bonds is 6. The van der Waals surface area contributed by atoms with Crippen LogP contribution in [0.1, 0.15) is 32.4 Å². The monoisotopic (exact) mass is 390 g/mol. The molecule has 8 nitrogen and oxygen atoms in total.